The summed E-state index contributed by atoms with van der Waals surface area (Å²) >= 11 is 16.8. The topological polar surface area (TPSA) is 177 Å². The smallest absolute Gasteiger partial charge is 0.353 e. The lowest BCUT2D eigenvalue weighted by atomic mass is 10.1. The van der Waals surface area contributed by atoms with Crippen molar-refractivity contribution in [2.45, 2.75) is 21.5 Å². The summed E-state index contributed by atoms with van der Waals surface area (Å²) in [6, 6.07) is 3.78. The van der Waals surface area contributed by atoms with Gasteiger partial charge in [0.05, 0.1) is 10.8 Å². The molecule has 0 bridgehead atoms. The highest BCUT2D eigenvalue weighted by Crippen LogP contribution is 2.44. The molecule has 6 N–H and O–H groups in total. The summed E-state index contributed by atoms with van der Waals surface area (Å²) in [6.07, 6.45) is 0. The summed E-state index contributed by atoms with van der Waals surface area (Å²) in [4.78, 5) is 51.7. The Labute approximate surface area is 231 Å². The SMILES string of the molecule is Nc1cc(N)nc(SCSC2=C(C(=O)O)N3C(=O)[C@@H](NC(=O)CSc4cc(Cl)nc(Cl)c4)[C@H]3SC2)n1. The molecule has 4 rings (SSSR count). The molecule has 4 heterocycles. The Morgan fingerprint density at radius 2 is 1.78 bits per heavy atom. The Bertz CT molecular complexity index is 1230. The van der Waals surface area contributed by atoms with Gasteiger partial charge in [-0.15, -0.1) is 35.3 Å². The number of anilines is 2. The lowest BCUT2D eigenvalue weighted by Crippen LogP contribution is -2.70. The maximum atomic E-state index is 12.8. The molecule has 0 saturated carbocycles. The molecule has 1 fully saturated rings. The van der Waals surface area contributed by atoms with Crippen molar-refractivity contribution in [3.63, 3.8) is 0 Å². The molecule has 0 aromatic carbocycles. The minimum atomic E-state index is -1.21. The number of amides is 2. The van der Waals surface area contributed by atoms with E-state index < -0.39 is 23.3 Å². The van der Waals surface area contributed by atoms with Crippen molar-refractivity contribution in [1.82, 2.24) is 25.2 Å². The second-order valence-corrected chi connectivity index (χ2v) is 12.5. The lowest BCUT2D eigenvalue weighted by molar-refractivity contribution is -0.150. The first kappa shape index (κ1) is 27.0. The van der Waals surface area contributed by atoms with Crippen molar-refractivity contribution in [3.8, 4) is 0 Å². The second kappa shape index (κ2) is 11.6. The number of hydrogen-bond acceptors (Lipinski definition) is 12. The van der Waals surface area contributed by atoms with Crippen molar-refractivity contribution in [3.05, 3.63) is 39.1 Å². The summed E-state index contributed by atoms with van der Waals surface area (Å²) in [5, 5.41) is 13.2. The number of nitrogens with zero attached hydrogens (tertiary/aromatic N) is 4. The van der Waals surface area contributed by atoms with Crippen LogP contribution >= 0.6 is 70.2 Å². The van der Waals surface area contributed by atoms with Crippen molar-refractivity contribution >= 4 is 99.7 Å². The molecule has 2 aliphatic heterocycles. The third-order valence-corrected chi connectivity index (χ3v) is 9.62. The molecule has 0 spiro atoms. The summed E-state index contributed by atoms with van der Waals surface area (Å²) in [7, 11) is 0. The quantitative estimate of drug-likeness (QED) is 0.108. The van der Waals surface area contributed by atoms with E-state index in [0.29, 0.717) is 25.8 Å². The number of halogens is 2. The zero-order valence-corrected chi connectivity index (χ0v) is 22.8. The second-order valence-electron chi connectivity index (χ2n) is 7.18. The Morgan fingerprint density at radius 3 is 2.42 bits per heavy atom. The molecule has 17 heteroatoms. The molecule has 11 nitrogen and oxygen atoms in total. The van der Waals surface area contributed by atoms with Crippen LogP contribution in [0.2, 0.25) is 10.3 Å². The van der Waals surface area contributed by atoms with Crippen LogP contribution in [0.1, 0.15) is 0 Å². The molecule has 2 atom stereocenters. The van der Waals surface area contributed by atoms with Crippen LogP contribution in [-0.2, 0) is 14.4 Å². The van der Waals surface area contributed by atoms with Gasteiger partial charge in [0.15, 0.2) is 5.16 Å². The van der Waals surface area contributed by atoms with Gasteiger partial charge < -0.3 is 21.9 Å². The Kier molecular flexibility index (Phi) is 8.67. The number of carbonyl (C=O) groups excluding carboxylic acids is 2. The first-order chi connectivity index (χ1) is 17.1. The van der Waals surface area contributed by atoms with Gasteiger partial charge >= 0.3 is 5.97 Å². The van der Waals surface area contributed by atoms with Gasteiger partial charge in [-0.2, -0.15) is 0 Å². The van der Waals surface area contributed by atoms with E-state index in [4.69, 9.17) is 34.7 Å². The third-order valence-electron chi connectivity index (χ3n) is 4.73. The van der Waals surface area contributed by atoms with E-state index in [0.717, 1.165) is 0 Å². The number of rotatable bonds is 9. The maximum Gasteiger partial charge on any atom is 0.353 e. The van der Waals surface area contributed by atoms with Gasteiger partial charge in [-0.05, 0) is 12.1 Å². The fourth-order valence-corrected chi connectivity index (χ4v) is 8.25. The fraction of sp³-hybridized carbons (Fsp3) is 0.263. The van der Waals surface area contributed by atoms with Crippen LogP contribution in [0.5, 0.6) is 0 Å². The van der Waals surface area contributed by atoms with E-state index in [9.17, 15) is 19.5 Å². The molecule has 0 aliphatic carbocycles. The number of carbonyl (C=O) groups is 3. The molecule has 2 aliphatic rings. The lowest BCUT2D eigenvalue weighted by Gasteiger charge is -2.49. The standard InChI is InChI=1S/C19H17Cl2N7O4S4/c20-9-1-7(2-10(21)24-9)33-5-13(29)27-14-16(30)28-15(18(31)32)8(4-34-17(14)28)35-6-36-19-25-11(22)3-12(23)26-19/h1-3,14,17H,4-6H2,(H,27,29)(H,31,32)(H4,22,23,25,26)/t14-,17-/m1/s1. The zero-order valence-electron chi connectivity index (χ0n) is 18.0. The van der Waals surface area contributed by atoms with Gasteiger partial charge in [-0.25, -0.2) is 19.7 Å². The molecule has 2 aromatic rings. The predicted octanol–water partition coefficient (Wildman–Crippen LogP) is 2.61. The van der Waals surface area contributed by atoms with E-state index in [1.165, 1.54) is 58.0 Å². The normalized spacial score (nSPS) is 19.1. The molecule has 0 radical (unpaired) electrons. The number of aliphatic carboxylic acids is 1. The van der Waals surface area contributed by atoms with Crippen LogP contribution in [-0.4, -0.2) is 70.7 Å². The van der Waals surface area contributed by atoms with Crippen LogP contribution in [0.3, 0.4) is 0 Å². The number of carboxylic acids is 1. The first-order valence-electron chi connectivity index (χ1n) is 9.94. The van der Waals surface area contributed by atoms with E-state index in [2.05, 4.69) is 20.3 Å². The van der Waals surface area contributed by atoms with Crippen LogP contribution in [0.25, 0.3) is 0 Å². The van der Waals surface area contributed by atoms with Crippen LogP contribution < -0.4 is 16.8 Å². The highest BCUT2D eigenvalue weighted by molar-refractivity contribution is 8.18. The number of thioether (sulfide) groups is 4. The predicted molar refractivity (Wildman–Crippen MR) is 144 cm³/mol. The minimum Gasteiger partial charge on any atom is -0.477 e. The Morgan fingerprint density at radius 1 is 1.11 bits per heavy atom. The molecule has 2 amide bonds. The zero-order chi connectivity index (χ0) is 26.0. The largest absolute Gasteiger partial charge is 0.477 e. The van der Waals surface area contributed by atoms with Gasteiger partial charge in [0.1, 0.15) is 39.1 Å². The maximum absolute atomic E-state index is 12.8. The summed E-state index contributed by atoms with van der Waals surface area (Å²) in [5.41, 5.74) is 11.3. The minimum absolute atomic E-state index is 0.0222. The number of carboxylic acid groups (broad SMARTS) is 1. The average molecular weight is 607 g/mol. The fourth-order valence-electron chi connectivity index (χ4n) is 3.27. The van der Waals surface area contributed by atoms with Crippen molar-refractivity contribution < 1.29 is 19.5 Å². The van der Waals surface area contributed by atoms with Gasteiger partial charge in [0.2, 0.25) is 5.91 Å². The molecule has 1 saturated heterocycles. The van der Waals surface area contributed by atoms with Gasteiger partial charge in [-0.1, -0.05) is 35.0 Å². The number of nitrogen functional groups attached to an aromatic ring is 2. The molecular formula is C19H17Cl2N7O4S4. The van der Waals surface area contributed by atoms with Crippen LogP contribution in [0.4, 0.5) is 11.6 Å². The molecule has 0 unspecified atom stereocenters. The van der Waals surface area contributed by atoms with Gasteiger partial charge in [0, 0.05) is 21.6 Å². The van der Waals surface area contributed by atoms with Crippen molar-refractivity contribution in [2.24, 2.45) is 0 Å². The summed E-state index contributed by atoms with van der Waals surface area (Å²) in [6.45, 7) is 0. The first-order valence-corrected chi connectivity index (χ1v) is 14.7. The molecule has 36 heavy (non-hydrogen) atoms. The van der Waals surface area contributed by atoms with Crippen molar-refractivity contribution in [2.75, 3.05) is 28.1 Å². The van der Waals surface area contributed by atoms with Crippen LogP contribution in [0.15, 0.2) is 38.9 Å². The number of pyridine rings is 1. The third kappa shape index (κ3) is 6.26. The average Bonchev–Trinajstić information content (AvgIpc) is 2.79. The summed E-state index contributed by atoms with van der Waals surface area (Å²) in [5.74, 6) is -1.19. The van der Waals surface area contributed by atoms with E-state index in [-0.39, 0.29) is 39.3 Å². The molecular weight excluding hydrogens is 589 g/mol. The van der Waals surface area contributed by atoms with Gasteiger partial charge in [-0.3, -0.25) is 14.5 Å². The number of β-lactam (4-membered cyclic amide) rings is 1. The molecule has 2 aromatic heterocycles. The van der Waals surface area contributed by atoms with Crippen LogP contribution in [0, 0.1) is 0 Å². The van der Waals surface area contributed by atoms with E-state index in [1.54, 1.807) is 12.1 Å². The highest BCUT2D eigenvalue weighted by Gasteiger charge is 2.54. The number of aromatic nitrogens is 3. The number of nitrogens with one attached hydrogen (secondary N) is 1. The Hall–Kier alpha value is -2.04. The van der Waals surface area contributed by atoms with E-state index in [1.807, 2.05) is 0 Å². The van der Waals surface area contributed by atoms with E-state index >= 15 is 0 Å². The number of nitrogens with two attached hydrogens (primary N) is 2. The monoisotopic (exact) mass is 605 g/mol. The number of fused-ring (bicyclic) bond motifs is 1. The summed E-state index contributed by atoms with van der Waals surface area (Å²) < 4.78 is 0. The van der Waals surface area contributed by atoms with Gasteiger partial charge in [0.25, 0.3) is 5.91 Å². The van der Waals surface area contributed by atoms with Crippen molar-refractivity contribution in [1.29, 1.82) is 0 Å². The Balaban J connectivity index is 1.35. The highest BCUT2D eigenvalue weighted by atomic mass is 35.5. The number of hydrogen-bond donors (Lipinski definition) is 4. The molecule has 190 valence electrons.